The van der Waals surface area contributed by atoms with Gasteiger partial charge in [0.15, 0.2) is 0 Å². The number of benzene rings is 1. The molecule has 2 N–H and O–H groups in total. The van der Waals surface area contributed by atoms with Crippen LogP contribution in [-0.4, -0.2) is 29.7 Å². The molecule has 2 amide bonds. The third kappa shape index (κ3) is 3.10. The van der Waals surface area contributed by atoms with E-state index in [9.17, 15) is 9.59 Å². The number of anilines is 1. The molecule has 108 valence electrons. The van der Waals surface area contributed by atoms with Crippen LogP contribution in [0.4, 0.5) is 10.5 Å². The van der Waals surface area contributed by atoms with E-state index in [0.717, 1.165) is 30.5 Å². The first-order valence-corrected chi connectivity index (χ1v) is 7.02. The van der Waals surface area contributed by atoms with Crippen LogP contribution in [0.3, 0.4) is 0 Å². The van der Waals surface area contributed by atoms with Gasteiger partial charge in [0.05, 0.1) is 0 Å². The fourth-order valence-corrected chi connectivity index (χ4v) is 2.47. The zero-order valence-electron chi connectivity index (χ0n) is 11.6. The Kier molecular flexibility index (Phi) is 4.61. The lowest BCUT2D eigenvalue weighted by molar-refractivity contribution is -0.139. The second-order valence-electron chi connectivity index (χ2n) is 4.99. The molecule has 0 bridgehead atoms. The summed E-state index contributed by atoms with van der Waals surface area (Å²) in [5, 5.41) is 11.6. The van der Waals surface area contributed by atoms with Crippen molar-refractivity contribution >= 4 is 17.7 Å². The molecular weight excluding hydrogens is 256 g/mol. The number of aliphatic carboxylic acids is 1. The summed E-state index contributed by atoms with van der Waals surface area (Å²) in [6.45, 7) is 2.37. The van der Waals surface area contributed by atoms with Gasteiger partial charge in [-0.1, -0.05) is 25.1 Å². The average Bonchev–Trinajstić information content (AvgIpc) is 2.66. The standard InChI is InChI=1S/C15H20N2O3/c1-2-12(14(18)19)16-15(20)17-10-6-5-8-11-7-3-4-9-13(11)17/h3-4,7,9,12H,2,5-6,8,10H2,1H3,(H,16,20)(H,18,19)/t12-/m1/s1. The molecule has 1 aromatic rings. The first-order chi connectivity index (χ1) is 9.63. The van der Waals surface area contributed by atoms with Crippen LogP contribution in [0.5, 0.6) is 0 Å². The molecule has 2 rings (SSSR count). The van der Waals surface area contributed by atoms with Crippen molar-refractivity contribution in [1.82, 2.24) is 5.32 Å². The number of fused-ring (bicyclic) bond motifs is 1. The first-order valence-electron chi connectivity index (χ1n) is 7.02. The van der Waals surface area contributed by atoms with Gasteiger partial charge in [-0.25, -0.2) is 9.59 Å². The summed E-state index contributed by atoms with van der Waals surface area (Å²) in [5.41, 5.74) is 2.03. The van der Waals surface area contributed by atoms with Crippen LogP contribution in [0.1, 0.15) is 31.7 Å². The van der Waals surface area contributed by atoms with Crippen LogP contribution < -0.4 is 10.2 Å². The number of carboxylic acids is 1. The van der Waals surface area contributed by atoms with Crippen molar-refractivity contribution in [3.05, 3.63) is 29.8 Å². The average molecular weight is 276 g/mol. The molecule has 0 radical (unpaired) electrons. The van der Waals surface area contributed by atoms with Gasteiger partial charge in [0.1, 0.15) is 6.04 Å². The second kappa shape index (κ2) is 6.41. The van der Waals surface area contributed by atoms with Crippen LogP contribution in [0.2, 0.25) is 0 Å². The minimum absolute atomic E-state index is 0.325. The van der Waals surface area contributed by atoms with E-state index in [1.165, 1.54) is 0 Å². The molecule has 0 aliphatic carbocycles. The quantitative estimate of drug-likeness (QED) is 0.890. The Hall–Kier alpha value is -2.04. The molecule has 1 atom stereocenters. The molecule has 1 aliphatic heterocycles. The van der Waals surface area contributed by atoms with Gasteiger partial charge < -0.3 is 10.4 Å². The Bertz CT molecular complexity index is 502. The lowest BCUT2D eigenvalue weighted by Crippen LogP contribution is -2.48. The number of carbonyl (C=O) groups is 2. The van der Waals surface area contributed by atoms with Crippen molar-refractivity contribution in [2.24, 2.45) is 0 Å². The maximum atomic E-state index is 12.3. The number of carbonyl (C=O) groups excluding carboxylic acids is 1. The smallest absolute Gasteiger partial charge is 0.326 e. The topological polar surface area (TPSA) is 69.6 Å². The number of hydrogen-bond donors (Lipinski definition) is 2. The van der Waals surface area contributed by atoms with Crippen LogP contribution in [-0.2, 0) is 11.2 Å². The van der Waals surface area contributed by atoms with Gasteiger partial charge >= 0.3 is 12.0 Å². The van der Waals surface area contributed by atoms with Gasteiger partial charge in [-0.15, -0.1) is 0 Å². The Morgan fingerprint density at radius 2 is 2.10 bits per heavy atom. The normalized spacial score (nSPS) is 15.9. The molecule has 0 unspecified atom stereocenters. The monoisotopic (exact) mass is 276 g/mol. The lowest BCUT2D eigenvalue weighted by Gasteiger charge is -2.25. The molecule has 0 fully saturated rings. The Morgan fingerprint density at radius 3 is 2.80 bits per heavy atom. The minimum Gasteiger partial charge on any atom is -0.480 e. The van der Waals surface area contributed by atoms with E-state index < -0.39 is 12.0 Å². The highest BCUT2D eigenvalue weighted by Crippen LogP contribution is 2.26. The summed E-state index contributed by atoms with van der Waals surface area (Å²) in [6, 6.07) is 6.65. The number of carboxylic acid groups (broad SMARTS) is 1. The van der Waals surface area contributed by atoms with Gasteiger partial charge in [0, 0.05) is 12.2 Å². The summed E-state index contributed by atoms with van der Waals surface area (Å²) in [6.07, 6.45) is 3.29. The van der Waals surface area contributed by atoms with Crippen molar-refractivity contribution in [2.75, 3.05) is 11.4 Å². The SMILES string of the molecule is CC[C@@H](NC(=O)N1CCCCc2ccccc21)C(=O)O. The van der Waals surface area contributed by atoms with Crippen molar-refractivity contribution < 1.29 is 14.7 Å². The Labute approximate surface area is 118 Å². The van der Waals surface area contributed by atoms with Gasteiger partial charge in [-0.3, -0.25) is 4.90 Å². The third-order valence-corrected chi connectivity index (χ3v) is 3.61. The maximum absolute atomic E-state index is 12.3. The molecule has 5 nitrogen and oxygen atoms in total. The maximum Gasteiger partial charge on any atom is 0.326 e. The predicted octanol–water partition coefficient (Wildman–Crippen LogP) is 2.40. The Balaban J connectivity index is 2.19. The van der Waals surface area contributed by atoms with Gasteiger partial charge in [0.25, 0.3) is 0 Å². The molecular formula is C15H20N2O3. The van der Waals surface area contributed by atoms with E-state index in [-0.39, 0.29) is 6.03 Å². The van der Waals surface area contributed by atoms with E-state index in [1.807, 2.05) is 24.3 Å². The molecule has 1 heterocycles. The summed E-state index contributed by atoms with van der Waals surface area (Å²) in [5.74, 6) is -0.996. The molecule has 0 aromatic heterocycles. The van der Waals surface area contributed by atoms with Gasteiger partial charge in [-0.2, -0.15) is 0 Å². The molecule has 0 saturated heterocycles. The van der Waals surface area contributed by atoms with E-state index >= 15 is 0 Å². The highest BCUT2D eigenvalue weighted by molar-refractivity contribution is 5.95. The van der Waals surface area contributed by atoms with Gasteiger partial charge in [0.2, 0.25) is 0 Å². The molecule has 1 aromatic carbocycles. The van der Waals surface area contributed by atoms with Crippen LogP contribution in [0, 0.1) is 0 Å². The summed E-state index contributed by atoms with van der Waals surface area (Å²) in [4.78, 5) is 25.0. The number of hydrogen-bond acceptors (Lipinski definition) is 2. The number of nitrogens with one attached hydrogen (secondary N) is 1. The summed E-state index contributed by atoms with van der Waals surface area (Å²) >= 11 is 0. The largest absolute Gasteiger partial charge is 0.480 e. The van der Waals surface area contributed by atoms with Crippen LogP contribution >= 0.6 is 0 Å². The van der Waals surface area contributed by atoms with Crippen molar-refractivity contribution in [3.8, 4) is 0 Å². The van der Waals surface area contributed by atoms with Crippen LogP contribution in [0.15, 0.2) is 24.3 Å². The molecule has 1 aliphatic rings. The van der Waals surface area contributed by atoms with Crippen molar-refractivity contribution in [2.45, 2.75) is 38.6 Å². The molecule has 5 heteroatoms. The number of aryl methyl sites for hydroxylation is 1. The minimum atomic E-state index is -0.996. The zero-order valence-corrected chi connectivity index (χ0v) is 11.6. The summed E-state index contributed by atoms with van der Waals surface area (Å²) in [7, 11) is 0. The fraction of sp³-hybridized carbons (Fsp3) is 0.467. The van der Waals surface area contributed by atoms with Crippen LogP contribution in [0.25, 0.3) is 0 Å². The highest BCUT2D eigenvalue weighted by atomic mass is 16.4. The van der Waals surface area contributed by atoms with E-state index in [0.29, 0.717) is 13.0 Å². The number of urea groups is 1. The fourth-order valence-electron chi connectivity index (χ4n) is 2.47. The van der Waals surface area contributed by atoms with E-state index in [4.69, 9.17) is 5.11 Å². The molecule has 0 saturated carbocycles. The lowest BCUT2D eigenvalue weighted by atomic mass is 10.1. The number of amides is 2. The number of rotatable bonds is 3. The number of nitrogens with zero attached hydrogens (tertiary/aromatic N) is 1. The first kappa shape index (κ1) is 14.4. The van der Waals surface area contributed by atoms with E-state index in [2.05, 4.69) is 5.32 Å². The van der Waals surface area contributed by atoms with Crippen molar-refractivity contribution in [3.63, 3.8) is 0 Å². The van der Waals surface area contributed by atoms with E-state index in [1.54, 1.807) is 11.8 Å². The summed E-state index contributed by atoms with van der Waals surface area (Å²) < 4.78 is 0. The molecule has 0 spiro atoms. The third-order valence-electron chi connectivity index (χ3n) is 3.61. The van der Waals surface area contributed by atoms with Gasteiger partial charge in [-0.05, 0) is 37.3 Å². The molecule has 20 heavy (non-hydrogen) atoms. The number of para-hydroxylation sites is 1. The highest BCUT2D eigenvalue weighted by Gasteiger charge is 2.24. The van der Waals surface area contributed by atoms with Crippen molar-refractivity contribution in [1.29, 1.82) is 0 Å². The predicted molar refractivity (Wildman–Crippen MR) is 77.0 cm³/mol. The Morgan fingerprint density at radius 1 is 1.35 bits per heavy atom. The zero-order chi connectivity index (χ0) is 14.5. The second-order valence-corrected chi connectivity index (χ2v) is 4.99.